The molecule has 12 heteroatoms. The molecule has 54 heavy (non-hydrogen) atoms. The van der Waals surface area contributed by atoms with Crippen molar-refractivity contribution in [3.05, 3.63) is 83.2 Å². The summed E-state index contributed by atoms with van der Waals surface area (Å²) in [4.78, 5) is 52.6. The second kappa shape index (κ2) is 14.7. The molecule has 0 saturated carbocycles. The number of piperidine rings is 1. The van der Waals surface area contributed by atoms with E-state index < -0.39 is 0 Å². The molecular weight excluding hydrogens is 697 g/mol. The van der Waals surface area contributed by atoms with Gasteiger partial charge in [0.25, 0.3) is 5.91 Å². The van der Waals surface area contributed by atoms with Gasteiger partial charge in [-0.15, -0.1) is 11.3 Å². The largest absolute Gasteiger partial charge is 0.381 e. The normalized spacial score (nSPS) is 21.5. The number of nitrogens with zero attached hydrogens (tertiary/aromatic N) is 5. The van der Waals surface area contributed by atoms with Crippen LogP contribution in [-0.2, 0) is 9.59 Å². The average Bonchev–Trinajstić information content (AvgIpc) is 3.52. The Hall–Kier alpha value is -5.04. The zero-order valence-corrected chi connectivity index (χ0v) is 31.5. The Morgan fingerprint density at radius 2 is 1.52 bits per heavy atom. The lowest BCUT2D eigenvalue weighted by Gasteiger charge is -2.39. The van der Waals surface area contributed by atoms with Crippen molar-refractivity contribution in [3.8, 4) is 11.3 Å². The average molecular weight is 743 g/mol. The highest BCUT2D eigenvalue weighted by Gasteiger charge is 2.29. The summed E-state index contributed by atoms with van der Waals surface area (Å²) < 4.78 is 1.09. The van der Waals surface area contributed by atoms with Gasteiger partial charge in [-0.2, -0.15) is 0 Å². The summed E-state index contributed by atoms with van der Waals surface area (Å²) in [6.45, 7) is 13.0. The Morgan fingerprint density at radius 3 is 2.24 bits per heavy atom. The zero-order chi connectivity index (χ0) is 36.8. The number of hydrogen-bond donors (Lipinski definition) is 3. The molecule has 278 valence electrons. The maximum atomic E-state index is 12.9. The second-order valence-electron chi connectivity index (χ2n) is 15.1. The van der Waals surface area contributed by atoms with Crippen molar-refractivity contribution >= 4 is 67.1 Å². The van der Waals surface area contributed by atoms with E-state index in [1.54, 1.807) is 0 Å². The van der Waals surface area contributed by atoms with Crippen LogP contribution in [0, 0.1) is 0 Å². The number of carbonyl (C=O) groups is 3. The standard InChI is InChI=1S/C42H46N8O3S/c1-27-26-43-39-38-33-9-11-34(45-35(33)12-13-36(38)54-40(39)42(53)44-27)29-3-2-4-31(25-29)50-23-19-48(20-24-50)16-15-47-17-21-49(22-18-47)30-7-5-28(6-8-30)32-10-14-37(51)46-41(32)52/h2-9,11-13,25,27,32,43H,10,14-24,26H2,1H3,(H,44,53)(H,46,51,52)/t27-,32+/m1/s1. The number of fused-ring (bicyclic) bond motifs is 5. The lowest BCUT2D eigenvalue weighted by molar-refractivity contribution is -0.134. The van der Waals surface area contributed by atoms with E-state index in [-0.39, 0.29) is 29.7 Å². The number of amides is 3. The number of piperazine rings is 2. The Labute approximate surface area is 319 Å². The summed E-state index contributed by atoms with van der Waals surface area (Å²) in [5, 5.41) is 11.2. The SMILES string of the molecule is C[C@@H]1CNc2c(sc3ccc4nc(-c5cccc(N6CCN(CCN7CCN(c8ccc([C@@H]9CCC(=O)NC9=O)cc8)CC7)CC6)c5)ccc4c23)C(=O)N1. The van der Waals surface area contributed by atoms with E-state index in [1.807, 2.05) is 19.1 Å². The minimum absolute atomic E-state index is 0.0108. The molecule has 2 aromatic heterocycles. The molecule has 5 aromatic rings. The molecule has 6 heterocycles. The molecule has 11 nitrogen and oxygen atoms in total. The third kappa shape index (κ3) is 6.89. The predicted molar refractivity (Wildman–Crippen MR) is 217 cm³/mol. The molecule has 3 aromatic carbocycles. The molecule has 3 fully saturated rings. The van der Waals surface area contributed by atoms with Gasteiger partial charge >= 0.3 is 0 Å². The minimum atomic E-state index is -0.237. The summed E-state index contributed by atoms with van der Waals surface area (Å²) in [5.74, 6) is -0.603. The van der Waals surface area contributed by atoms with E-state index in [2.05, 4.69) is 96.2 Å². The van der Waals surface area contributed by atoms with Crippen LogP contribution < -0.4 is 25.8 Å². The van der Waals surface area contributed by atoms with Crippen LogP contribution in [0.15, 0.2) is 72.8 Å². The van der Waals surface area contributed by atoms with Crippen LogP contribution >= 0.6 is 11.3 Å². The van der Waals surface area contributed by atoms with Crippen molar-refractivity contribution < 1.29 is 14.4 Å². The second-order valence-corrected chi connectivity index (χ2v) is 16.1. The molecule has 3 saturated heterocycles. The molecule has 9 rings (SSSR count). The highest BCUT2D eigenvalue weighted by molar-refractivity contribution is 7.21. The molecule has 0 aliphatic carbocycles. The number of benzene rings is 3. The topological polar surface area (TPSA) is 113 Å². The minimum Gasteiger partial charge on any atom is -0.381 e. The number of pyridine rings is 1. The third-order valence-electron chi connectivity index (χ3n) is 11.6. The quantitative estimate of drug-likeness (QED) is 0.196. The first kappa shape index (κ1) is 34.7. The van der Waals surface area contributed by atoms with Crippen LogP contribution in [0.2, 0.25) is 0 Å². The van der Waals surface area contributed by atoms with Crippen LogP contribution in [0.4, 0.5) is 17.1 Å². The fourth-order valence-corrected chi connectivity index (χ4v) is 9.52. The fraction of sp³-hybridized carbons (Fsp3) is 0.381. The summed E-state index contributed by atoms with van der Waals surface area (Å²) in [6, 6.07) is 25.6. The lowest BCUT2D eigenvalue weighted by atomic mass is 9.90. The first-order valence-corrected chi connectivity index (χ1v) is 20.1. The summed E-state index contributed by atoms with van der Waals surface area (Å²) >= 11 is 1.54. The molecule has 0 radical (unpaired) electrons. The van der Waals surface area contributed by atoms with Crippen molar-refractivity contribution in [2.24, 2.45) is 0 Å². The number of aromatic nitrogens is 1. The third-order valence-corrected chi connectivity index (χ3v) is 12.7. The maximum absolute atomic E-state index is 12.9. The van der Waals surface area contributed by atoms with E-state index in [9.17, 15) is 14.4 Å². The van der Waals surface area contributed by atoms with Crippen LogP contribution in [0.3, 0.4) is 0 Å². The lowest BCUT2D eigenvalue weighted by Crippen LogP contribution is -2.51. The van der Waals surface area contributed by atoms with Crippen LogP contribution in [0.5, 0.6) is 0 Å². The fourth-order valence-electron chi connectivity index (χ4n) is 8.42. The number of hydrogen-bond acceptors (Lipinski definition) is 10. The first-order valence-electron chi connectivity index (χ1n) is 19.3. The molecule has 3 N–H and O–H groups in total. The van der Waals surface area contributed by atoms with Gasteiger partial charge in [-0.1, -0.05) is 24.3 Å². The van der Waals surface area contributed by atoms with E-state index in [0.717, 1.165) is 114 Å². The van der Waals surface area contributed by atoms with Gasteiger partial charge in [-0.3, -0.25) is 29.5 Å². The monoisotopic (exact) mass is 742 g/mol. The molecule has 4 aliphatic rings. The number of carbonyl (C=O) groups excluding carboxylic acids is 3. The van der Waals surface area contributed by atoms with E-state index in [1.165, 1.54) is 22.7 Å². The van der Waals surface area contributed by atoms with Gasteiger partial charge < -0.3 is 20.4 Å². The number of thiophene rings is 1. The summed E-state index contributed by atoms with van der Waals surface area (Å²) in [6.07, 6.45) is 0.983. The van der Waals surface area contributed by atoms with Crippen LogP contribution in [0.25, 0.3) is 32.2 Å². The van der Waals surface area contributed by atoms with Crippen molar-refractivity contribution in [2.45, 2.75) is 31.7 Å². The predicted octanol–water partition coefficient (Wildman–Crippen LogP) is 5.12. The van der Waals surface area contributed by atoms with Gasteiger partial charge in [-0.25, -0.2) is 4.98 Å². The first-order chi connectivity index (χ1) is 26.4. The van der Waals surface area contributed by atoms with Gasteiger partial charge in [0, 0.05) is 117 Å². The van der Waals surface area contributed by atoms with Crippen molar-refractivity contribution in [1.82, 2.24) is 25.4 Å². The smallest absolute Gasteiger partial charge is 0.263 e. The molecule has 0 bridgehead atoms. The Kier molecular flexibility index (Phi) is 9.42. The zero-order valence-electron chi connectivity index (χ0n) is 30.6. The van der Waals surface area contributed by atoms with E-state index >= 15 is 0 Å². The van der Waals surface area contributed by atoms with Gasteiger partial charge in [0.1, 0.15) is 4.88 Å². The van der Waals surface area contributed by atoms with Gasteiger partial charge in [0.05, 0.1) is 22.8 Å². The number of rotatable bonds is 7. The maximum Gasteiger partial charge on any atom is 0.263 e. The Balaban J connectivity index is 0.776. The van der Waals surface area contributed by atoms with Crippen molar-refractivity contribution in [3.63, 3.8) is 0 Å². The van der Waals surface area contributed by atoms with Crippen LogP contribution in [-0.4, -0.2) is 111 Å². The van der Waals surface area contributed by atoms with E-state index in [0.29, 0.717) is 19.4 Å². The Bertz CT molecular complexity index is 2220. The molecule has 2 atom stereocenters. The van der Waals surface area contributed by atoms with Gasteiger partial charge in [-0.05, 0) is 67.4 Å². The molecule has 0 spiro atoms. The summed E-state index contributed by atoms with van der Waals surface area (Å²) in [5.41, 5.74) is 7.33. The van der Waals surface area contributed by atoms with Crippen LogP contribution in [0.1, 0.15) is 40.9 Å². The highest BCUT2D eigenvalue weighted by atomic mass is 32.1. The summed E-state index contributed by atoms with van der Waals surface area (Å²) in [7, 11) is 0. The van der Waals surface area contributed by atoms with Crippen molar-refractivity contribution in [1.29, 1.82) is 0 Å². The molecular formula is C42H46N8O3S. The van der Waals surface area contributed by atoms with Crippen molar-refractivity contribution in [2.75, 3.05) is 87.1 Å². The van der Waals surface area contributed by atoms with Gasteiger partial charge in [0.2, 0.25) is 11.8 Å². The molecule has 0 unspecified atom stereocenters. The molecule has 4 aliphatic heterocycles. The number of anilines is 3. The number of imide groups is 1. The number of nitrogens with one attached hydrogen (secondary N) is 3. The van der Waals surface area contributed by atoms with Gasteiger partial charge in [0.15, 0.2) is 0 Å². The molecule has 3 amide bonds. The Morgan fingerprint density at radius 1 is 0.796 bits per heavy atom. The van der Waals surface area contributed by atoms with E-state index in [4.69, 9.17) is 4.98 Å². The highest BCUT2D eigenvalue weighted by Crippen LogP contribution is 2.41.